The number of aryl methyl sites for hydroxylation is 1. The Morgan fingerprint density at radius 3 is 2.44 bits per heavy atom. The Kier molecular flexibility index (Phi) is 5.55. The third kappa shape index (κ3) is 4.32. The summed E-state index contributed by atoms with van der Waals surface area (Å²) in [6.07, 6.45) is 1.87. The number of nitrogens with zero attached hydrogens (tertiary/aromatic N) is 2. The summed E-state index contributed by atoms with van der Waals surface area (Å²) in [6, 6.07) is 5.66. The smallest absolute Gasteiger partial charge is 0.333 e. The average Bonchev–Trinajstić information content (AvgIpc) is 3.04. The maximum Gasteiger partial charge on any atom is 0.435 e. The first-order valence-electron chi connectivity index (χ1n) is 9.03. The van der Waals surface area contributed by atoms with E-state index in [1.807, 2.05) is 0 Å². The molecular weight excluding hydrogens is 357 g/mol. The van der Waals surface area contributed by atoms with E-state index in [1.165, 1.54) is 30.2 Å². The highest BCUT2D eigenvalue weighted by Crippen LogP contribution is 2.36. The summed E-state index contributed by atoms with van der Waals surface area (Å²) in [6.45, 7) is 0. The van der Waals surface area contributed by atoms with Crippen molar-refractivity contribution in [3.8, 4) is 11.3 Å². The summed E-state index contributed by atoms with van der Waals surface area (Å²) in [7, 11) is 1.51. The number of anilines is 1. The molecule has 1 aromatic carbocycles. The van der Waals surface area contributed by atoms with Crippen LogP contribution in [0.1, 0.15) is 37.8 Å². The fourth-order valence-electron chi connectivity index (χ4n) is 3.62. The highest BCUT2D eigenvalue weighted by atomic mass is 19.4. The van der Waals surface area contributed by atoms with Crippen molar-refractivity contribution in [2.45, 2.75) is 44.3 Å². The number of nitrogens with one attached hydrogen (secondary N) is 1. The van der Waals surface area contributed by atoms with Crippen molar-refractivity contribution in [1.29, 1.82) is 0 Å². The molecule has 1 fully saturated rings. The molecule has 0 bridgehead atoms. The first-order chi connectivity index (χ1) is 12.8. The van der Waals surface area contributed by atoms with Crippen molar-refractivity contribution in [2.75, 3.05) is 5.32 Å². The van der Waals surface area contributed by atoms with E-state index in [4.69, 9.17) is 5.73 Å². The van der Waals surface area contributed by atoms with Crippen molar-refractivity contribution in [3.05, 3.63) is 36.3 Å². The quantitative estimate of drug-likeness (QED) is 0.844. The summed E-state index contributed by atoms with van der Waals surface area (Å²) < 4.78 is 40.7. The number of carbonyl (C=O) groups excluding carboxylic acids is 1. The zero-order valence-corrected chi connectivity index (χ0v) is 15.1. The summed E-state index contributed by atoms with van der Waals surface area (Å²) in [5, 5.41) is 2.76. The SMILES string of the molecule is Cn1cnc(C(F)(F)F)c1-c1ccc(NC(=O)C(N)C2CCCCC2)cc1. The number of hydrogen-bond acceptors (Lipinski definition) is 3. The van der Waals surface area contributed by atoms with Crippen LogP contribution in [-0.4, -0.2) is 21.5 Å². The molecule has 1 aliphatic carbocycles. The molecule has 0 aliphatic heterocycles. The normalized spacial score (nSPS) is 16.9. The zero-order chi connectivity index (χ0) is 19.6. The maximum atomic E-state index is 13.1. The van der Waals surface area contributed by atoms with Crippen molar-refractivity contribution in [2.24, 2.45) is 18.7 Å². The molecule has 1 aromatic heterocycles. The molecule has 146 valence electrons. The number of benzene rings is 1. The van der Waals surface area contributed by atoms with Crippen LogP contribution >= 0.6 is 0 Å². The zero-order valence-electron chi connectivity index (χ0n) is 15.1. The molecular formula is C19H23F3N4O. The van der Waals surface area contributed by atoms with E-state index < -0.39 is 17.9 Å². The number of alkyl halides is 3. The van der Waals surface area contributed by atoms with Gasteiger partial charge in [-0.2, -0.15) is 13.2 Å². The Morgan fingerprint density at radius 2 is 1.85 bits per heavy atom. The highest BCUT2D eigenvalue weighted by Gasteiger charge is 2.37. The van der Waals surface area contributed by atoms with Gasteiger partial charge in [0.1, 0.15) is 0 Å². The summed E-state index contributed by atoms with van der Waals surface area (Å²) >= 11 is 0. The average molecular weight is 380 g/mol. The number of amides is 1. The molecule has 1 saturated carbocycles. The molecule has 1 heterocycles. The van der Waals surface area contributed by atoms with Gasteiger partial charge in [0.05, 0.1) is 18.1 Å². The van der Waals surface area contributed by atoms with Crippen LogP contribution in [0.3, 0.4) is 0 Å². The third-order valence-corrected chi connectivity index (χ3v) is 5.09. The van der Waals surface area contributed by atoms with Gasteiger partial charge in [-0.25, -0.2) is 4.98 Å². The minimum atomic E-state index is -4.53. The van der Waals surface area contributed by atoms with Gasteiger partial charge in [0.2, 0.25) is 5.91 Å². The van der Waals surface area contributed by atoms with Crippen LogP contribution < -0.4 is 11.1 Å². The van der Waals surface area contributed by atoms with E-state index in [0.29, 0.717) is 11.3 Å². The lowest BCUT2D eigenvalue weighted by Crippen LogP contribution is -2.42. The second-order valence-electron chi connectivity index (χ2n) is 7.04. The monoisotopic (exact) mass is 380 g/mol. The summed E-state index contributed by atoms with van der Waals surface area (Å²) in [4.78, 5) is 15.8. The fourth-order valence-corrected chi connectivity index (χ4v) is 3.62. The Morgan fingerprint density at radius 1 is 1.22 bits per heavy atom. The molecule has 0 radical (unpaired) electrons. The molecule has 2 aromatic rings. The Bertz CT molecular complexity index is 792. The molecule has 1 amide bonds. The Labute approximate surface area is 155 Å². The highest BCUT2D eigenvalue weighted by molar-refractivity contribution is 5.95. The van der Waals surface area contributed by atoms with E-state index in [9.17, 15) is 18.0 Å². The molecule has 0 spiro atoms. The summed E-state index contributed by atoms with van der Waals surface area (Å²) in [5.74, 6) is -0.0760. The number of halogens is 3. The molecule has 27 heavy (non-hydrogen) atoms. The number of rotatable bonds is 4. The largest absolute Gasteiger partial charge is 0.435 e. The first kappa shape index (κ1) is 19.4. The second kappa shape index (κ2) is 7.72. The van der Waals surface area contributed by atoms with Crippen LogP contribution in [0, 0.1) is 5.92 Å². The van der Waals surface area contributed by atoms with E-state index in [0.717, 1.165) is 32.0 Å². The van der Waals surface area contributed by atoms with Crippen molar-refractivity contribution in [1.82, 2.24) is 9.55 Å². The first-order valence-corrected chi connectivity index (χ1v) is 9.03. The number of aromatic nitrogens is 2. The second-order valence-corrected chi connectivity index (χ2v) is 7.04. The lowest BCUT2D eigenvalue weighted by molar-refractivity contribution is -0.140. The van der Waals surface area contributed by atoms with Crippen LogP contribution in [0.25, 0.3) is 11.3 Å². The molecule has 1 unspecified atom stereocenters. The topological polar surface area (TPSA) is 72.9 Å². The van der Waals surface area contributed by atoms with Crippen LogP contribution in [0.2, 0.25) is 0 Å². The predicted octanol–water partition coefficient (Wildman–Crippen LogP) is 3.95. The fraction of sp³-hybridized carbons (Fsp3) is 0.474. The molecule has 3 rings (SSSR count). The van der Waals surface area contributed by atoms with Crippen LogP contribution in [0.15, 0.2) is 30.6 Å². The number of carbonyl (C=O) groups is 1. The van der Waals surface area contributed by atoms with Gasteiger partial charge in [0.15, 0.2) is 5.69 Å². The molecule has 0 saturated heterocycles. The van der Waals surface area contributed by atoms with E-state index in [-0.39, 0.29) is 17.5 Å². The Hall–Kier alpha value is -2.35. The van der Waals surface area contributed by atoms with Gasteiger partial charge < -0.3 is 15.6 Å². The number of imidazole rings is 1. The van der Waals surface area contributed by atoms with Crippen molar-refractivity contribution >= 4 is 11.6 Å². The molecule has 8 heteroatoms. The van der Waals surface area contributed by atoms with Gasteiger partial charge in [-0.3, -0.25) is 4.79 Å². The lowest BCUT2D eigenvalue weighted by Gasteiger charge is -2.26. The molecule has 1 aliphatic rings. The minimum Gasteiger partial charge on any atom is -0.333 e. The summed E-state index contributed by atoms with van der Waals surface area (Å²) in [5.41, 5.74) is 6.02. The Balaban J connectivity index is 1.73. The molecule has 3 N–H and O–H groups in total. The minimum absolute atomic E-state index is 0.0146. The van der Waals surface area contributed by atoms with E-state index in [1.54, 1.807) is 12.1 Å². The van der Waals surface area contributed by atoms with Gasteiger partial charge in [-0.15, -0.1) is 0 Å². The standard InChI is InChI=1S/C19H23F3N4O/c1-26-11-24-17(19(20,21)22)16(26)13-7-9-14(10-8-13)25-18(27)15(23)12-5-3-2-4-6-12/h7-12,15H,2-6,23H2,1H3,(H,25,27). The van der Waals surface area contributed by atoms with Gasteiger partial charge in [-0.05, 0) is 30.9 Å². The van der Waals surface area contributed by atoms with Crippen molar-refractivity contribution < 1.29 is 18.0 Å². The van der Waals surface area contributed by atoms with Gasteiger partial charge in [0, 0.05) is 18.3 Å². The van der Waals surface area contributed by atoms with Crippen LogP contribution in [0.4, 0.5) is 18.9 Å². The maximum absolute atomic E-state index is 13.1. The number of hydrogen-bond donors (Lipinski definition) is 2. The van der Waals surface area contributed by atoms with Crippen LogP contribution in [0.5, 0.6) is 0 Å². The van der Waals surface area contributed by atoms with E-state index in [2.05, 4.69) is 10.3 Å². The number of nitrogens with two attached hydrogens (primary N) is 1. The molecule has 1 atom stereocenters. The van der Waals surface area contributed by atoms with Crippen LogP contribution in [-0.2, 0) is 18.0 Å². The third-order valence-electron chi connectivity index (χ3n) is 5.09. The lowest BCUT2D eigenvalue weighted by atomic mass is 9.84. The predicted molar refractivity (Wildman–Crippen MR) is 96.8 cm³/mol. The van der Waals surface area contributed by atoms with Crippen molar-refractivity contribution in [3.63, 3.8) is 0 Å². The van der Waals surface area contributed by atoms with E-state index >= 15 is 0 Å². The van der Waals surface area contributed by atoms with Gasteiger partial charge >= 0.3 is 6.18 Å². The van der Waals surface area contributed by atoms with Gasteiger partial charge in [-0.1, -0.05) is 31.4 Å². The van der Waals surface area contributed by atoms with Gasteiger partial charge in [0.25, 0.3) is 0 Å². The molecule has 5 nitrogen and oxygen atoms in total.